The molecule has 5 rings (SSSR count). The van der Waals surface area contributed by atoms with Crippen LogP contribution in [-0.2, 0) is 6.54 Å². The Hall–Kier alpha value is -3.77. The zero-order chi connectivity index (χ0) is 24.2. The number of piperidine rings is 1. The summed E-state index contributed by atoms with van der Waals surface area (Å²) >= 11 is 0. The Balaban J connectivity index is 1.62. The first-order valence-corrected chi connectivity index (χ1v) is 12.4. The first-order valence-electron chi connectivity index (χ1n) is 12.4. The molecule has 3 aromatic heterocycles. The molecule has 178 valence electrons. The van der Waals surface area contributed by atoms with Crippen molar-refractivity contribution in [2.75, 3.05) is 18.8 Å². The van der Waals surface area contributed by atoms with Crippen LogP contribution in [0.1, 0.15) is 44.4 Å². The molecular weight excluding hydrogens is 432 g/mol. The third kappa shape index (κ3) is 4.75. The molecule has 1 aromatic carbocycles. The van der Waals surface area contributed by atoms with Crippen LogP contribution in [0.5, 0.6) is 0 Å². The molecule has 0 radical (unpaired) electrons. The molecule has 0 amide bonds. The molecule has 0 atom stereocenters. The maximum absolute atomic E-state index is 6.28. The summed E-state index contributed by atoms with van der Waals surface area (Å²) in [6, 6.07) is 16.7. The number of likely N-dealkylation sites (tertiary alicyclic amines) is 1. The minimum absolute atomic E-state index is 0.453. The van der Waals surface area contributed by atoms with Crippen LogP contribution in [0.15, 0.2) is 73.0 Å². The van der Waals surface area contributed by atoms with Crippen LogP contribution in [-0.4, -0.2) is 37.5 Å². The van der Waals surface area contributed by atoms with E-state index < -0.39 is 0 Å². The second-order valence-corrected chi connectivity index (χ2v) is 8.99. The number of pyridine rings is 2. The lowest BCUT2D eigenvalue weighted by Crippen LogP contribution is -2.29. The fraction of sp³-hybridized carbons (Fsp3) is 0.276. The molecule has 6 nitrogen and oxygen atoms in total. The van der Waals surface area contributed by atoms with Crippen LogP contribution in [0.3, 0.4) is 0 Å². The van der Waals surface area contributed by atoms with Crippen molar-refractivity contribution in [3.8, 4) is 17.1 Å². The molecule has 0 bridgehead atoms. The molecule has 1 saturated heterocycles. The predicted molar refractivity (Wildman–Crippen MR) is 144 cm³/mol. The van der Waals surface area contributed by atoms with Crippen LogP contribution < -0.4 is 5.73 Å². The number of benzene rings is 1. The zero-order valence-corrected chi connectivity index (χ0v) is 20.5. The number of aromatic nitrogens is 4. The smallest absolute Gasteiger partial charge is 0.165 e. The van der Waals surface area contributed by atoms with Crippen LogP contribution in [0.4, 0.5) is 5.82 Å². The van der Waals surface area contributed by atoms with Gasteiger partial charge in [0.15, 0.2) is 11.5 Å². The van der Waals surface area contributed by atoms with Crippen molar-refractivity contribution in [3.63, 3.8) is 0 Å². The summed E-state index contributed by atoms with van der Waals surface area (Å²) in [6.07, 6.45) is 11.8. The van der Waals surface area contributed by atoms with Gasteiger partial charge in [0.05, 0.1) is 11.3 Å². The Morgan fingerprint density at radius 2 is 1.77 bits per heavy atom. The number of imidazole rings is 1. The minimum atomic E-state index is 0.453. The summed E-state index contributed by atoms with van der Waals surface area (Å²) in [4.78, 5) is 16.8. The second-order valence-electron chi connectivity index (χ2n) is 8.99. The highest BCUT2D eigenvalue weighted by molar-refractivity contribution is 5.85. The lowest BCUT2D eigenvalue weighted by atomic mass is 10.1. The fourth-order valence-electron chi connectivity index (χ4n) is 4.79. The Labute approximate surface area is 206 Å². The van der Waals surface area contributed by atoms with Gasteiger partial charge in [0.25, 0.3) is 0 Å². The molecule has 0 aliphatic carbocycles. The van der Waals surface area contributed by atoms with Gasteiger partial charge in [-0.2, -0.15) is 0 Å². The summed E-state index contributed by atoms with van der Waals surface area (Å²) < 4.78 is 2.10. The zero-order valence-electron chi connectivity index (χ0n) is 20.5. The molecule has 0 unspecified atom stereocenters. The topological polar surface area (TPSA) is 72.9 Å². The Bertz CT molecular complexity index is 1370. The number of nitrogen functional groups attached to an aromatic ring is 1. The van der Waals surface area contributed by atoms with E-state index in [2.05, 4.69) is 50.9 Å². The number of allylic oxidation sites excluding steroid dienone is 4. The van der Waals surface area contributed by atoms with Crippen LogP contribution >= 0.6 is 0 Å². The highest BCUT2D eigenvalue weighted by atomic mass is 15.1. The summed E-state index contributed by atoms with van der Waals surface area (Å²) in [5, 5.41) is 0. The summed E-state index contributed by atoms with van der Waals surface area (Å²) in [5.74, 6) is 1.20. The molecule has 0 spiro atoms. The number of anilines is 1. The van der Waals surface area contributed by atoms with E-state index in [1.54, 1.807) is 6.20 Å². The minimum Gasteiger partial charge on any atom is -0.383 e. The number of hydrogen-bond acceptors (Lipinski definition) is 5. The molecular formula is C29H32N6. The van der Waals surface area contributed by atoms with Gasteiger partial charge in [0.1, 0.15) is 11.3 Å². The van der Waals surface area contributed by atoms with E-state index in [1.807, 2.05) is 44.2 Å². The van der Waals surface area contributed by atoms with Gasteiger partial charge in [0.2, 0.25) is 0 Å². The fourth-order valence-corrected chi connectivity index (χ4v) is 4.79. The van der Waals surface area contributed by atoms with E-state index >= 15 is 0 Å². The molecule has 4 aromatic rings. The number of nitrogens with zero attached hydrogens (tertiary/aromatic N) is 5. The normalized spacial score (nSPS) is 15.3. The SMILES string of the molecule is C/C=C\C(=C/C)c1ccc2nc(-c3cccnc3N)n(-c3ccc(CN4CCCCC4)cc3)c2n1. The Morgan fingerprint density at radius 3 is 2.49 bits per heavy atom. The summed E-state index contributed by atoms with van der Waals surface area (Å²) in [5.41, 5.74) is 13.0. The first-order chi connectivity index (χ1) is 17.2. The van der Waals surface area contributed by atoms with E-state index in [1.165, 1.54) is 37.9 Å². The highest BCUT2D eigenvalue weighted by Gasteiger charge is 2.19. The van der Waals surface area contributed by atoms with Crippen molar-refractivity contribution in [1.82, 2.24) is 24.4 Å². The van der Waals surface area contributed by atoms with Gasteiger partial charge >= 0.3 is 0 Å². The van der Waals surface area contributed by atoms with Crippen molar-refractivity contribution in [2.45, 2.75) is 39.7 Å². The number of hydrogen-bond donors (Lipinski definition) is 1. The monoisotopic (exact) mass is 464 g/mol. The maximum atomic E-state index is 6.28. The van der Waals surface area contributed by atoms with E-state index in [9.17, 15) is 0 Å². The van der Waals surface area contributed by atoms with E-state index in [0.717, 1.165) is 46.1 Å². The standard InChI is InChI=1S/C29H32N6/c1-3-9-22(4-2)25-15-16-26-29(32-25)35(28(33-26)24-10-8-17-31-27(24)30)23-13-11-21(12-14-23)20-34-18-6-5-7-19-34/h3-4,8-17H,5-7,18-20H2,1-2H3,(H2,30,31)/b9-3-,22-4+. The third-order valence-corrected chi connectivity index (χ3v) is 6.59. The van der Waals surface area contributed by atoms with E-state index in [0.29, 0.717) is 5.82 Å². The molecule has 1 aliphatic rings. The van der Waals surface area contributed by atoms with Gasteiger partial charge in [-0.1, -0.05) is 36.8 Å². The largest absolute Gasteiger partial charge is 0.383 e. The molecule has 4 heterocycles. The van der Waals surface area contributed by atoms with Gasteiger partial charge in [-0.05, 0) is 87.3 Å². The maximum Gasteiger partial charge on any atom is 0.165 e. The van der Waals surface area contributed by atoms with Crippen molar-refractivity contribution in [1.29, 1.82) is 0 Å². The van der Waals surface area contributed by atoms with Gasteiger partial charge in [-0.15, -0.1) is 0 Å². The molecule has 0 saturated carbocycles. The van der Waals surface area contributed by atoms with E-state index in [4.69, 9.17) is 15.7 Å². The lowest BCUT2D eigenvalue weighted by Gasteiger charge is -2.26. The molecule has 1 aliphatic heterocycles. The van der Waals surface area contributed by atoms with Crippen molar-refractivity contribution < 1.29 is 0 Å². The second kappa shape index (κ2) is 10.2. The quantitative estimate of drug-likeness (QED) is 0.353. The molecule has 6 heteroatoms. The number of rotatable bonds is 6. The third-order valence-electron chi connectivity index (χ3n) is 6.59. The van der Waals surface area contributed by atoms with Gasteiger partial charge < -0.3 is 5.73 Å². The van der Waals surface area contributed by atoms with Crippen molar-refractivity contribution in [3.05, 3.63) is 84.2 Å². The van der Waals surface area contributed by atoms with E-state index in [-0.39, 0.29) is 0 Å². The van der Waals surface area contributed by atoms with Crippen LogP contribution in [0, 0.1) is 0 Å². The number of fused-ring (bicyclic) bond motifs is 1. The summed E-state index contributed by atoms with van der Waals surface area (Å²) in [6.45, 7) is 7.40. The van der Waals surface area contributed by atoms with Crippen molar-refractivity contribution in [2.24, 2.45) is 0 Å². The van der Waals surface area contributed by atoms with Crippen molar-refractivity contribution >= 4 is 22.6 Å². The van der Waals surface area contributed by atoms with Gasteiger partial charge in [-0.25, -0.2) is 15.0 Å². The van der Waals surface area contributed by atoms with Gasteiger partial charge in [0, 0.05) is 18.4 Å². The first kappa shape index (κ1) is 23.0. The Morgan fingerprint density at radius 1 is 0.971 bits per heavy atom. The predicted octanol–water partition coefficient (Wildman–Crippen LogP) is 6.03. The molecule has 2 N–H and O–H groups in total. The van der Waals surface area contributed by atoms with Gasteiger partial charge in [-0.3, -0.25) is 9.47 Å². The average Bonchev–Trinajstić information content (AvgIpc) is 3.27. The highest BCUT2D eigenvalue weighted by Crippen LogP contribution is 2.31. The van der Waals surface area contributed by atoms with Crippen LogP contribution in [0.2, 0.25) is 0 Å². The molecule has 1 fully saturated rings. The summed E-state index contributed by atoms with van der Waals surface area (Å²) in [7, 11) is 0. The average molecular weight is 465 g/mol. The van der Waals surface area contributed by atoms with Crippen LogP contribution in [0.25, 0.3) is 33.8 Å². The lowest BCUT2D eigenvalue weighted by molar-refractivity contribution is 0.221. The Kier molecular flexibility index (Phi) is 6.73. The number of nitrogens with two attached hydrogens (primary N) is 1. The molecule has 35 heavy (non-hydrogen) atoms.